The molecule has 38 heavy (non-hydrogen) atoms. The van der Waals surface area contributed by atoms with Gasteiger partial charge in [0.2, 0.25) is 6.79 Å². The van der Waals surface area contributed by atoms with E-state index in [0.717, 1.165) is 5.56 Å². The van der Waals surface area contributed by atoms with Gasteiger partial charge in [0.05, 0.1) is 6.61 Å². The van der Waals surface area contributed by atoms with Gasteiger partial charge in [-0.15, -0.1) is 0 Å². The Balaban J connectivity index is 1.57. The van der Waals surface area contributed by atoms with Gasteiger partial charge >= 0.3 is 12.1 Å². The normalized spacial score (nSPS) is 12.2. The molecule has 0 aromatic heterocycles. The molecule has 0 unspecified atom stereocenters. The summed E-state index contributed by atoms with van der Waals surface area (Å²) >= 11 is 0. The lowest BCUT2D eigenvalue weighted by Gasteiger charge is -2.16. The van der Waals surface area contributed by atoms with Gasteiger partial charge in [-0.1, -0.05) is 30.3 Å². The summed E-state index contributed by atoms with van der Waals surface area (Å²) in [6.45, 7) is 1.82. The number of aliphatic carboxylic acids is 1. The third kappa shape index (κ3) is 6.58. The number of carboxylic acid groups (broad SMARTS) is 1. The lowest BCUT2D eigenvalue weighted by atomic mass is 10.1. The average molecular weight is 520 g/mol. The summed E-state index contributed by atoms with van der Waals surface area (Å²) in [7, 11) is 0. The molecular weight excluding hydrogens is 494 g/mol. The number of benzene rings is 3. The molecule has 0 radical (unpaired) electrons. The quantitative estimate of drug-likeness (QED) is 0.334. The maximum Gasteiger partial charge on any atom is 0.411 e. The van der Waals surface area contributed by atoms with E-state index >= 15 is 0 Å². The van der Waals surface area contributed by atoms with Gasteiger partial charge in [0.1, 0.15) is 6.04 Å². The maximum absolute atomic E-state index is 13.1. The average Bonchev–Trinajstić information content (AvgIpc) is 3.37. The van der Waals surface area contributed by atoms with Crippen molar-refractivity contribution in [3.8, 4) is 11.5 Å². The number of amides is 3. The largest absolute Gasteiger partial charge is 0.480 e. The third-order valence-corrected chi connectivity index (χ3v) is 5.50. The molecule has 1 aliphatic heterocycles. The van der Waals surface area contributed by atoms with E-state index < -0.39 is 29.9 Å². The summed E-state index contributed by atoms with van der Waals surface area (Å²) in [5, 5.41) is 17.3. The van der Waals surface area contributed by atoms with Gasteiger partial charge in [-0.25, -0.2) is 9.59 Å². The fourth-order valence-corrected chi connectivity index (χ4v) is 3.72. The number of anilines is 2. The first kappa shape index (κ1) is 26.0. The summed E-state index contributed by atoms with van der Waals surface area (Å²) in [4.78, 5) is 49.8. The summed E-state index contributed by atoms with van der Waals surface area (Å²) in [6, 6.07) is 16.5. The van der Waals surface area contributed by atoms with Crippen LogP contribution in [0.2, 0.25) is 0 Å². The molecule has 3 amide bonds. The van der Waals surface area contributed by atoms with Crippen molar-refractivity contribution in [1.29, 1.82) is 0 Å². The highest BCUT2D eigenvalue weighted by atomic mass is 16.7. The van der Waals surface area contributed by atoms with Gasteiger partial charge in [-0.3, -0.25) is 14.9 Å². The first-order valence-corrected chi connectivity index (χ1v) is 11.7. The first-order chi connectivity index (χ1) is 18.3. The molecule has 4 N–H and O–H groups in total. The number of carbonyl (C=O) groups excluding carboxylic acids is 3. The Labute approximate surface area is 217 Å². The molecule has 3 aromatic rings. The number of fused-ring (bicyclic) bond motifs is 1. The van der Waals surface area contributed by atoms with Crippen LogP contribution in [0.15, 0.2) is 66.7 Å². The Kier molecular flexibility index (Phi) is 8.07. The van der Waals surface area contributed by atoms with Crippen molar-refractivity contribution in [1.82, 2.24) is 5.32 Å². The minimum absolute atomic E-state index is 0.0135. The lowest BCUT2D eigenvalue weighted by molar-refractivity contribution is -0.139. The van der Waals surface area contributed by atoms with Gasteiger partial charge in [0, 0.05) is 28.9 Å². The van der Waals surface area contributed by atoms with Crippen LogP contribution in [0.4, 0.5) is 16.2 Å². The number of ether oxygens (including phenoxy) is 3. The SMILES string of the molecule is CCOC(=O)Nc1cc(NC(=O)c2ccc3c(c2)OCO3)cc(C(=O)N[C@@H](Cc2ccccc2)C(=O)O)c1. The second-order valence-electron chi connectivity index (χ2n) is 8.22. The van der Waals surface area contributed by atoms with Crippen LogP contribution in [-0.4, -0.2) is 48.4 Å². The summed E-state index contributed by atoms with van der Waals surface area (Å²) < 4.78 is 15.5. The second-order valence-corrected chi connectivity index (χ2v) is 8.22. The molecule has 1 atom stereocenters. The maximum atomic E-state index is 13.1. The summed E-state index contributed by atoms with van der Waals surface area (Å²) in [5.74, 6) is -1.48. The van der Waals surface area contributed by atoms with Crippen LogP contribution in [0.1, 0.15) is 33.2 Å². The zero-order valence-electron chi connectivity index (χ0n) is 20.4. The molecule has 196 valence electrons. The van der Waals surface area contributed by atoms with Crippen LogP contribution >= 0.6 is 0 Å². The number of hydrogen-bond acceptors (Lipinski definition) is 7. The Hall–Kier alpha value is -5.06. The smallest absolute Gasteiger partial charge is 0.411 e. The number of carboxylic acids is 1. The molecule has 11 nitrogen and oxygen atoms in total. The topological polar surface area (TPSA) is 152 Å². The number of rotatable bonds is 9. The predicted molar refractivity (Wildman–Crippen MR) is 137 cm³/mol. The van der Waals surface area contributed by atoms with Gasteiger partial charge in [0.25, 0.3) is 11.8 Å². The Morgan fingerprint density at radius 3 is 2.29 bits per heavy atom. The highest BCUT2D eigenvalue weighted by molar-refractivity contribution is 6.06. The fraction of sp³-hybridized carbons (Fsp3) is 0.185. The van der Waals surface area contributed by atoms with E-state index in [1.807, 2.05) is 0 Å². The van der Waals surface area contributed by atoms with Crippen LogP contribution in [-0.2, 0) is 16.0 Å². The molecule has 0 fully saturated rings. The minimum atomic E-state index is -1.21. The van der Waals surface area contributed by atoms with Crippen molar-refractivity contribution in [2.45, 2.75) is 19.4 Å². The first-order valence-electron chi connectivity index (χ1n) is 11.7. The molecule has 4 rings (SSSR count). The molecule has 0 spiro atoms. The molecular formula is C27H25N3O8. The molecule has 3 aromatic carbocycles. The van der Waals surface area contributed by atoms with Crippen LogP contribution in [0.25, 0.3) is 0 Å². The van der Waals surface area contributed by atoms with E-state index in [9.17, 15) is 24.3 Å². The van der Waals surface area contributed by atoms with Crippen molar-refractivity contribution in [3.63, 3.8) is 0 Å². The summed E-state index contributed by atoms with van der Waals surface area (Å²) in [6.07, 6.45) is -0.693. The van der Waals surface area contributed by atoms with Crippen molar-refractivity contribution in [2.24, 2.45) is 0 Å². The molecule has 11 heteroatoms. The van der Waals surface area contributed by atoms with Crippen molar-refractivity contribution < 1.29 is 38.5 Å². The van der Waals surface area contributed by atoms with Crippen LogP contribution in [0.5, 0.6) is 11.5 Å². The fourth-order valence-electron chi connectivity index (χ4n) is 3.72. The van der Waals surface area contributed by atoms with E-state index in [1.165, 1.54) is 24.3 Å². The van der Waals surface area contributed by atoms with Gasteiger partial charge in [-0.2, -0.15) is 0 Å². The molecule has 1 aliphatic rings. The Morgan fingerprint density at radius 2 is 1.58 bits per heavy atom. The number of carbonyl (C=O) groups is 4. The highest BCUT2D eigenvalue weighted by Crippen LogP contribution is 2.32. The molecule has 0 saturated carbocycles. The molecule has 0 aliphatic carbocycles. The molecule has 1 heterocycles. The van der Waals surface area contributed by atoms with E-state index in [4.69, 9.17) is 14.2 Å². The second kappa shape index (κ2) is 11.8. The highest BCUT2D eigenvalue weighted by Gasteiger charge is 2.23. The summed E-state index contributed by atoms with van der Waals surface area (Å²) in [5.41, 5.74) is 1.36. The monoisotopic (exact) mass is 519 g/mol. The Bertz CT molecular complexity index is 1360. The van der Waals surface area contributed by atoms with Crippen molar-refractivity contribution in [3.05, 3.63) is 83.4 Å². The lowest BCUT2D eigenvalue weighted by Crippen LogP contribution is -2.42. The van der Waals surface area contributed by atoms with E-state index in [-0.39, 0.29) is 42.3 Å². The van der Waals surface area contributed by atoms with Crippen molar-refractivity contribution >= 4 is 35.3 Å². The van der Waals surface area contributed by atoms with Gasteiger partial charge in [0.15, 0.2) is 11.5 Å². The molecule has 0 saturated heterocycles. The van der Waals surface area contributed by atoms with Crippen LogP contribution < -0.4 is 25.4 Å². The third-order valence-electron chi connectivity index (χ3n) is 5.50. The minimum Gasteiger partial charge on any atom is -0.480 e. The van der Waals surface area contributed by atoms with E-state index in [0.29, 0.717) is 11.5 Å². The Morgan fingerprint density at radius 1 is 0.868 bits per heavy atom. The van der Waals surface area contributed by atoms with Gasteiger partial charge in [-0.05, 0) is 48.9 Å². The number of nitrogens with one attached hydrogen (secondary N) is 3. The standard InChI is InChI=1S/C27H25N3O8/c1-2-36-27(35)29-20-12-18(25(32)30-21(26(33)34)10-16-6-4-3-5-7-16)11-19(14-20)28-24(31)17-8-9-22-23(13-17)38-15-37-22/h3-9,11-14,21H,2,10,15H2,1H3,(H,28,31)(H,29,35)(H,30,32)(H,33,34)/t21-/m0/s1. The zero-order chi connectivity index (χ0) is 27.1. The zero-order valence-corrected chi connectivity index (χ0v) is 20.4. The van der Waals surface area contributed by atoms with Crippen molar-refractivity contribution in [2.75, 3.05) is 24.0 Å². The van der Waals surface area contributed by atoms with E-state index in [1.54, 1.807) is 49.4 Å². The molecule has 0 bridgehead atoms. The van der Waals surface area contributed by atoms with E-state index in [2.05, 4.69) is 16.0 Å². The number of hydrogen-bond donors (Lipinski definition) is 4. The predicted octanol–water partition coefficient (Wildman–Crippen LogP) is 3.66. The van der Waals surface area contributed by atoms with Crippen LogP contribution in [0, 0.1) is 0 Å². The van der Waals surface area contributed by atoms with Gasteiger partial charge < -0.3 is 30.0 Å². The van der Waals surface area contributed by atoms with Crippen LogP contribution in [0.3, 0.4) is 0 Å².